The van der Waals surface area contributed by atoms with E-state index in [0.717, 1.165) is 50.5 Å². The summed E-state index contributed by atoms with van der Waals surface area (Å²) in [6.45, 7) is 1.23. The number of carboxylic acids is 2. The number of carboxylic acid groups (broad SMARTS) is 2. The molecule has 1 atom stereocenters. The number of amides is 4. The van der Waals surface area contributed by atoms with E-state index in [4.69, 9.17) is 34.4 Å². The van der Waals surface area contributed by atoms with E-state index in [9.17, 15) is 28.8 Å². The number of nitrogens with zero attached hydrogens (tertiary/aromatic N) is 1. The number of carbonyl (C=O) groups is 6. The second-order valence-electron chi connectivity index (χ2n) is 12.4. The molecule has 0 aromatic heterocycles. The van der Waals surface area contributed by atoms with Crippen LogP contribution in [-0.4, -0.2) is 134 Å². The lowest BCUT2D eigenvalue weighted by Crippen LogP contribution is -2.48. The summed E-state index contributed by atoms with van der Waals surface area (Å²) in [6, 6.07) is -1.49. The number of aliphatic carboxylic acids is 2. The average Bonchev–Trinajstić information content (AvgIpc) is 3.10. The Morgan fingerprint density at radius 3 is 1.52 bits per heavy atom. The number of ether oxygens (including phenoxy) is 3. The average molecular weight is 749 g/mol. The van der Waals surface area contributed by atoms with Gasteiger partial charge in [-0.15, -0.1) is 0 Å². The van der Waals surface area contributed by atoms with Gasteiger partial charge in [-0.25, -0.2) is 9.86 Å². The highest BCUT2D eigenvalue weighted by Crippen LogP contribution is 2.13. The molecule has 0 aliphatic rings. The van der Waals surface area contributed by atoms with Crippen molar-refractivity contribution in [3.63, 3.8) is 0 Å². The fraction of sp³-hybridized carbons (Fsp3) is 0.829. The summed E-state index contributed by atoms with van der Waals surface area (Å²) in [5.41, 5.74) is 0. The van der Waals surface area contributed by atoms with Gasteiger partial charge in [0.15, 0.2) is 0 Å². The normalized spacial score (nSPS) is 11.5. The molecule has 0 fully saturated rings. The van der Waals surface area contributed by atoms with Crippen molar-refractivity contribution in [2.75, 3.05) is 72.5 Å². The molecule has 0 saturated carbocycles. The number of hydrogen-bond donors (Lipinski definition) is 6. The molecule has 0 unspecified atom stereocenters. The first-order chi connectivity index (χ1) is 25.1. The van der Waals surface area contributed by atoms with Gasteiger partial charge in [-0.3, -0.25) is 28.8 Å². The highest BCUT2D eigenvalue weighted by molar-refractivity contribution is 5.87. The predicted molar refractivity (Wildman–Crippen MR) is 190 cm³/mol. The zero-order chi connectivity index (χ0) is 38.7. The van der Waals surface area contributed by atoms with Crippen molar-refractivity contribution in [3.8, 4) is 0 Å². The van der Waals surface area contributed by atoms with Crippen LogP contribution in [0.2, 0.25) is 0 Å². The lowest BCUT2D eigenvalue weighted by Gasteiger charge is -2.21. The lowest BCUT2D eigenvalue weighted by molar-refractivity contribution is -0.190. The van der Waals surface area contributed by atoms with E-state index in [1.165, 1.54) is 51.4 Å². The summed E-state index contributed by atoms with van der Waals surface area (Å²) in [6.07, 6.45) is 16.8. The molecule has 4 amide bonds. The standard InChI is InChI=1S/C35H64N4O13/c1-29(41)39(26-32(43)38-30(27-40)35(47)48)52-25-24-50-21-19-37-33(44)28-51-23-22-49-20-18-36-31(42)16-14-12-10-8-6-4-2-3-5-7-9-11-13-15-17-34(45)46/h30,40H,2-28H2,1H3,(H,36,42)(H,37,44)(H,38,43)(H,45,46)(H,47,48)/t30-/m1/s1. The first-order valence-electron chi connectivity index (χ1n) is 18.6. The van der Waals surface area contributed by atoms with Crippen LogP contribution < -0.4 is 16.0 Å². The third-order valence-corrected chi connectivity index (χ3v) is 7.72. The van der Waals surface area contributed by atoms with E-state index >= 15 is 0 Å². The molecular formula is C35H64N4O13. The van der Waals surface area contributed by atoms with E-state index in [-0.39, 0.29) is 64.4 Å². The van der Waals surface area contributed by atoms with Gasteiger partial charge in [-0.1, -0.05) is 77.0 Å². The molecule has 302 valence electrons. The SMILES string of the molecule is CC(=O)N(CC(=O)N[C@H](CO)C(=O)O)OCCOCCNC(=O)COCCOCCNC(=O)CCCCCCCCCCCCCCCCC(=O)O. The second kappa shape index (κ2) is 34.7. The van der Waals surface area contributed by atoms with Gasteiger partial charge in [0.05, 0.1) is 46.2 Å². The highest BCUT2D eigenvalue weighted by Gasteiger charge is 2.21. The van der Waals surface area contributed by atoms with Gasteiger partial charge in [-0.2, -0.15) is 0 Å². The molecule has 0 spiro atoms. The maximum absolute atomic E-state index is 12.0. The van der Waals surface area contributed by atoms with Crippen molar-refractivity contribution in [2.24, 2.45) is 0 Å². The Hall–Kier alpha value is -3.38. The molecular weight excluding hydrogens is 684 g/mol. The van der Waals surface area contributed by atoms with Crippen molar-refractivity contribution >= 4 is 35.6 Å². The largest absolute Gasteiger partial charge is 0.481 e. The number of hydrogen-bond acceptors (Lipinski definition) is 11. The van der Waals surface area contributed by atoms with E-state index in [1.807, 2.05) is 0 Å². The van der Waals surface area contributed by atoms with Crippen molar-refractivity contribution in [1.82, 2.24) is 21.0 Å². The fourth-order valence-corrected chi connectivity index (χ4v) is 4.84. The summed E-state index contributed by atoms with van der Waals surface area (Å²) >= 11 is 0. The number of hydroxylamine groups is 2. The Balaban J connectivity index is 3.52. The van der Waals surface area contributed by atoms with Gasteiger partial charge >= 0.3 is 11.9 Å². The molecule has 0 aromatic carbocycles. The van der Waals surface area contributed by atoms with Crippen molar-refractivity contribution in [3.05, 3.63) is 0 Å². The van der Waals surface area contributed by atoms with Crippen LogP contribution in [0.25, 0.3) is 0 Å². The minimum atomic E-state index is -1.49. The topological polar surface area (TPSA) is 239 Å². The predicted octanol–water partition coefficient (Wildman–Crippen LogP) is 1.94. The fourth-order valence-electron chi connectivity index (χ4n) is 4.84. The van der Waals surface area contributed by atoms with Crippen LogP contribution in [0.5, 0.6) is 0 Å². The lowest BCUT2D eigenvalue weighted by atomic mass is 10.0. The van der Waals surface area contributed by atoms with E-state index < -0.39 is 42.9 Å². The minimum absolute atomic E-state index is 0.0181. The first-order valence-corrected chi connectivity index (χ1v) is 18.6. The van der Waals surface area contributed by atoms with Crippen LogP contribution in [0.1, 0.15) is 110 Å². The van der Waals surface area contributed by atoms with E-state index in [0.29, 0.717) is 19.6 Å². The molecule has 0 radical (unpaired) electrons. The van der Waals surface area contributed by atoms with Gasteiger partial charge in [0, 0.05) is 32.9 Å². The molecule has 0 aromatic rings. The molecule has 0 aliphatic heterocycles. The van der Waals surface area contributed by atoms with E-state index in [2.05, 4.69) is 16.0 Å². The van der Waals surface area contributed by atoms with E-state index in [1.54, 1.807) is 0 Å². The number of aliphatic hydroxyl groups is 1. The number of nitrogens with one attached hydrogen (secondary N) is 3. The molecule has 17 nitrogen and oxygen atoms in total. The van der Waals surface area contributed by atoms with Gasteiger partial charge in [0.25, 0.3) is 0 Å². The van der Waals surface area contributed by atoms with Gasteiger partial charge in [0.2, 0.25) is 23.6 Å². The molecule has 52 heavy (non-hydrogen) atoms. The van der Waals surface area contributed by atoms with Gasteiger partial charge < -0.3 is 45.5 Å². The Morgan fingerprint density at radius 1 is 0.577 bits per heavy atom. The van der Waals surface area contributed by atoms with Crippen LogP contribution in [0.15, 0.2) is 0 Å². The Morgan fingerprint density at radius 2 is 1.04 bits per heavy atom. The first kappa shape index (κ1) is 48.6. The monoisotopic (exact) mass is 748 g/mol. The Labute approximate surface area is 307 Å². The number of carbonyl (C=O) groups excluding carboxylic acids is 4. The molecule has 6 N–H and O–H groups in total. The zero-order valence-corrected chi connectivity index (χ0v) is 31.0. The van der Waals surface area contributed by atoms with Gasteiger partial charge in [0.1, 0.15) is 19.2 Å². The third-order valence-electron chi connectivity index (χ3n) is 7.72. The van der Waals surface area contributed by atoms with Gasteiger partial charge in [-0.05, 0) is 12.8 Å². The molecule has 0 heterocycles. The Bertz CT molecular complexity index is 986. The van der Waals surface area contributed by atoms with Crippen molar-refractivity contribution < 1.29 is 63.1 Å². The quantitative estimate of drug-likeness (QED) is 0.0394. The second-order valence-corrected chi connectivity index (χ2v) is 12.4. The number of unbranched alkanes of at least 4 members (excludes halogenated alkanes) is 13. The van der Waals surface area contributed by atoms with Crippen molar-refractivity contribution in [2.45, 2.75) is 116 Å². The van der Waals surface area contributed by atoms with Crippen molar-refractivity contribution in [1.29, 1.82) is 0 Å². The Kier molecular flexibility index (Phi) is 32.4. The summed E-state index contributed by atoms with van der Waals surface area (Å²) in [7, 11) is 0. The number of aliphatic hydroxyl groups excluding tert-OH is 1. The van der Waals surface area contributed by atoms with Crippen LogP contribution in [0.4, 0.5) is 0 Å². The summed E-state index contributed by atoms with van der Waals surface area (Å²) < 4.78 is 16.0. The molecule has 0 aliphatic carbocycles. The molecule has 0 rings (SSSR count). The van der Waals surface area contributed by atoms with Crippen LogP contribution >= 0.6 is 0 Å². The smallest absolute Gasteiger partial charge is 0.328 e. The van der Waals surface area contributed by atoms with Crippen LogP contribution in [0.3, 0.4) is 0 Å². The zero-order valence-electron chi connectivity index (χ0n) is 31.0. The van der Waals surface area contributed by atoms with Crippen LogP contribution in [0, 0.1) is 0 Å². The minimum Gasteiger partial charge on any atom is -0.481 e. The van der Waals surface area contributed by atoms with Crippen LogP contribution in [-0.2, 0) is 47.8 Å². The summed E-state index contributed by atoms with van der Waals surface area (Å²) in [5.74, 6) is -3.85. The highest BCUT2D eigenvalue weighted by atomic mass is 16.7. The summed E-state index contributed by atoms with van der Waals surface area (Å²) in [4.78, 5) is 73.9. The molecule has 0 saturated heterocycles. The molecule has 0 bridgehead atoms. The molecule has 17 heteroatoms. The third kappa shape index (κ3) is 32.5. The number of rotatable bonds is 37. The maximum Gasteiger partial charge on any atom is 0.328 e. The maximum atomic E-state index is 12.0. The summed E-state index contributed by atoms with van der Waals surface area (Å²) in [5, 5.41) is 34.7.